The van der Waals surface area contributed by atoms with Crippen LogP contribution in [0.15, 0.2) is 60.2 Å². The summed E-state index contributed by atoms with van der Waals surface area (Å²) in [5.74, 6) is -0.217. The summed E-state index contributed by atoms with van der Waals surface area (Å²) < 4.78 is 11.0. The predicted octanol–water partition coefficient (Wildman–Crippen LogP) is 5.44. The molecule has 3 aliphatic rings. The fourth-order valence-electron chi connectivity index (χ4n) is 5.69. The fraction of sp³-hybridized carbons (Fsp3) is 0.407. The molecule has 0 N–H and O–H groups in total. The van der Waals surface area contributed by atoms with Gasteiger partial charge < -0.3 is 14.4 Å². The standard InChI is InChI=1S/C27H29NO4/c1-2-31-26(29)16-18-14-19-8-7-9-20(15-18)28(19)27(30)32-17-25-23-12-5-3-10-21(23)22-11-4-6-13-24(22)25/h3-6,10-13,16,19-20,25H,2,7-9,14-15,17H2,1H3. The number of nitrogens with zero attached hydrogens (tertiary/aromatic N) is 1. The number of carbonyl (C=O) groups is 2. The monoisotopic (exact) mass is 431 g/mol. The summed E-state index contributed by atoms with van der Waals surface area (Å²) in [6.07, 6.45) is 5.84. The van der Waals surface area contributed by atoms with Gasteiger partial charge in [-0.1, -0.05) is 54.1 Å². The average molecular weight is 432 g/mol. The van der Waals surface area contributed by atoms with E-state index >= 15 is 0 Å². The van der Waals surface area contributed by atoms with Gasteiger partial charge in [-0.3, -0.25) is 0 Å². The van der Waals surface area contributed by atoms with E-state index in [1.807, 2.05) is 24.0 Å². The van der Waals surface area contributed by atoms with Crippen molar-refractivity contribution in [3.63, 3.8) is 0 Å². The molecule has 0 aromatic heterocycles. The van der Waals surface area contributed by atoms with Crippen molar-refractivity contribution in [1.82, 2.24) is 4.90 Å². The quantitative estimate of drug-likeness (QED) is 0.478. The number of piperidine rings is 2. The molecule has 5 rings (SSSR count). The lowest BCUT2D eigenvalue weighted by molar-refractivity contribution is -0.137. The summed E-state index contributed by atoms with van der Waals surface area (Å²) >= 11 is 0. The smallest absolute Gasteiger partial charge is 0.410 e. The Hall–Kier alpha value is -3.08. The summed E-state index contributed by atoms with van der Waals surface area (Å²) in [6.45, 7) is 2.53. The zero-order chi connectivity index (χ0) is 22.1. The van der Waals surface area contributed by atoms with Crippen LogP contribution in [-0.4, -0.2) is 42.3 Å². The van der Waals surface area contributed by atoms with Crippen molar-refractivity contribution in [2.45, 2.75) is 57.0 Å². The van der Waals surface area contributed by atoms with E-state index in [0.29, 0.717) is 13.2 Å². The topological polar surface area (TPSA) is 55.8 Å². The third-order valence-corrected chi connectivity index (χ3v) is 7.01. The lowest BCUT2D eigenvalue weighted by Crippen LogP contribution is -2.53. The minimum Gasteiger partial charge on any atom is -0.463 e. The third kappa shape index (κ3) is 3.81. The highest BCUT2D eigenvalue weighted by molar-refractivity contribution is 5.83. The first-order chi connectivity index (χ1) is 15.7. The van der Waals surface area contributed by atoms with Gasteiger partial charge in [0, 0.05) is 24.1 Å². The molecule has 2 bridgehead atoms. The largest absolute Gasteiger partial charge is 0.463 e. The number of rotatable bonds is 4. The summed E-state index contributed by atoms with van der Waals surface area (Å²) in [6, 6.07) is 17.0. The van der Waals surface area contributed by atoms with Gasteiger partial charge in [0.2, 0.25) is 0 Å². The molecule has 0 saturated carbocycles. The molecule has 0 spiro atoms. The molecule has 2 atom stereocenters. The van der Waals surface area contributed by atoms with E-state index in [1.165, 1.54) is 22.3 Å². The Kier molecular flexibility index (Phi) is 5.73. The van der Waals surface area contributed by atoms with E-state index in [4.69, 9.17) is 9.47 Å². The molecule has 2 aromatic carbocycles. The lowest BCUT2D eigenvalue weighted by Gasteiger charge is -2.46. The molecule has 5 heteroatoms. The first-order valence-corrected chi connectivity index (χ1v) is 11.6. The van der Waals surface area contributed by atoms with Gasteiger partial charge in [0.25, 0.3) is 0 Å². The van der Waals surface area contributed by atoms with Crippen molar-refractivity contribution in [1.29, 1.82) is 0 Å². The number of hydrogen-bond acceptors (Lipinski definition) is 4. The number of carbonyl (C=O) groups excluding carboxylic acids is 2. The summed E-state index contributed by atoms with van der Waals surface area (Å²) in [5, 5.41) is 0. The molecule has 166 valence electrons. The van der Waals surface area contributed by atoms with Gasteiger partial charge in [-0.15, -0.1) is 0 Å². The van der Waals surface area contributed by atoms with Crippen molar-refractivity contribution >= 4 is 12.1 Å². The van der Waals surface area contributed by atoms with Crippen LogP contribution in [0.5, 0.6) is 0 Å². The van der Waals surface area contributed by atoms with Crippen LogP contribution < -0.4 is 0 Å². The van der Waals surface area contributed by atoms with Crippen molar-refractivity contribution in [2.24, 2.45) is 0 Å². The summed E-state index contributed by atoms with van der Waals surface area (Å²) in [5.41, 5.74) is 5.99. The van der Waals surface area contributed by atoms with Gasteiger partial charge in [0.15, 0.2) is 0 Å². The van der Waals surface area contributed by atoms with Crippen molar-refractivity contribution in [3.8, 4) is 11.1 Å². The van der Waals surface area contributed by atoms with Gasteiger partial charge >= 0.3 is 12.1 Å². The normalized spacial score (nSPS) is 21.5. The SMILES string of the molecule is CCOC(=O)C=C1CC2CCCC(C1)N2C(=O)OCC1c2ccccc2-c2ccccc21. The second-order valence-electron chi connectivity index (χ2n) is 8.91. The highest BCUT2D eigenvalue weighted by Crippen LogP contribution is 2.45. The maximum Gasteiger partial charge on any atom is 0.410 e. The maximum absolute atomic E-state index is 13.2. The number of ether oxygens (including phenoxy) is 2. The Morgan fingerprint density at radius 2 is 1.53 bits per heavy atom. The van der Waals surface area contributed by atoms with Gasteiger partial charge in [0.1, 0.15) is 6.61 Å². The number of amides is 1. The van der Waals surface area contributed by atoms with E-state index in [2.05, 4.69) is 36.4 Å². The minimum absolute atomic E-state index is 0.0650. The molecule has 2 heterocycles. The highest BCUT2D eigenvalue weighted by atomic mass is 16.6. The maximum atomic E-state index is 13.2. The van der Waals surface area contributed by atoms with Crippen LogP contribution in [0, 0.1) is 0 Å². The van der Waals surface area contributed by atoms with Crippen LogP contribution in [0.2, 0.25) is 0 Å². The van der Waals surface area contributed by atoms with Gasteiger partial charge in [0.05, 0.1) is 6.61 Å². The Balaban J connectivity index is 1.30. The van der Waals surface area contributed by atoms with Crippen molar-refractivity contribution < 1.29 is 19.1 Å². The Morgan fingerprint density at radius 1 is 0.938 bits per heavy atom. The predicted molar refractivity (Wildman–Crippen MR) is 122 cm³/mol. The zero-order valence-electron chi connectivity index (χ0n) is 18.5. The highest BCUT2D eigenvalue weighted by Gasteiger charge is 2.40. The van der Waals surface area contributed by atoms with Crippen LogP contribution >= 0.6 is 0 Å². The number of benzene rings is 2. The fourth-order valence-corrected chi connectivity index (χ4v) is 5.69. The van der Waals surface area contributed by atoms with Crippen LogP contribution in [0.25, 0.3) is 11.1 Å². The number of esters is 1. The average Bonchev–Trinajstić information content (AvgIpc) is 3.11. The molecule has 2 saturated heterocycles. The van der Waals surface area contributed by atoms with Gasteiger partial charge in [-0.25, -0.2) is 9.59 Å². The molecule has 32 heavy (non-hydrogen) atoms. The first kappa shape index (κ1) is 20.8. The number of fused-ring (bicyclic) bond motifs is 5. The van der Waals surface area contributed by atoms with Crippen LogP contribution in [0.4, 0.5) is 4.79 Å². The molecule has 2 aromatic rings. The van der Waals surface area contributed by atoms with E-state index < -0.39 is 0 Å². The van der Waals surface area contributed by atoms with E-state index in [1.54, 1.807) is 6.08 Å². The second-order valence-corrected chi connectivity index (χ2v) is 8.91. The van der Waals surface area contributed by atoms with Crippen molar-refractivity contribution in [2.75, 3.05) is 13.2 Å². The number of hydrogen-bond donors (Lipinski definition) is 0. The second kappa shape index (κ2) is 8.81. The molecular weight excluding hydrogens is 402 g/mol. The van der Waals surface area contributed by atoms with Crippen LogP contribution in [-0.2, 0) is 14.3 Å². The minimum atomic E-state index is -0.282. The van der Waals surface area contributed by atoms with Crippen LogP contribution in [0.3, 0.4) is 0 Å². The summed E-state index contributed by atoms with van der Waals surface area (Å²) in [4.78, 5) is 27.1. The van der Waals surface area contributed by atoms with E-state index in [-0.39, 0.29) is 30.1 Å². The first-order valence-electron chi connectivity index (χ1n) is 11.6. The Labute approximate surface area is 189 Å². The molecule has 2 unspecified atom stereocenters. The Morgan fingerprint density at radius 3 is 2.12 bits per heavy atom. The Bertz CT molecular complexity index is 998. The zero-order valence-corrected chi connectivity index (χ0v) is 18.5. The summed E-state index contributed by atoms with van der Waals surface area (Å²) in [7, 11) is 0. The molecule has 1 amide bonds. The van der Waals surface area contributed by atoms with Crippen molar-refractivity contribution in [3.05, 3.63) is 71.3 Å². The molecule has 5 nitrogen and oxygen atoms in total. The molecule has 1 aliphatic carbocycles. The third-order valence-electron chi connectivity index (χ3n) is 7.01. The molecule has 2 fully saturated rings. The molecule has 0 radical (unpaired) electrons. The van der Waals surface area contributed by atoms with E-state index in [9.17, 15) is 9.59 Å². The lowest BCUT2D eigenvalue weighted by atomic mass is 9.82. The molecular formula is C27H29NO4. The van der Waals surface area contributed by atoms with Gasteiger partial charge in [-0.2, -0.15) is 0 Å². The van der Waals surface area contributed by atoms with E-state index in [0.717, 1.165) is 37.7 Å². The van der Waals surface area contributed by atoms with Crippen LogP contribution in [0.1, 0.15) is 56.1 Å². The molecule has 2 aliphatic heterocycles. The van der Waals surface area contributed by atoms with Gasteiger partial charge in [-0.05, 0) is 61.3 Å².